The Morgan fingerprint density at radius 2 is 2.37 bits per heavy atom. The van der Waals surface area contributed by atoms with Crippen LogP contribution in [0.2, 0.25) is 0 Å². The van der Waals surface area contributed by atoms with E-state index in [2.05, 4.69) is 38.6 Å². The number of thiophene rings is 1. The molecule has 0 spiro atoms. The van der Waals surface area contributed by atoms with Crippen LogP contribution < -0.4 is 10.2 Å². The number of hydrogen-bond acceptors (Lipinski definition) is 5. The average molecular weight is 274 g/mol. The zero-order valence-electron chi connectivity index (χ0n) is 11.1. The molecule has 0 amide bonds. The Morgan fingerprint density at radius 3 is 3.26 bits per heavy atom. The van der Waals surface area contributed by atoms with Gasteiger partial charge >= 0.3 is 0 Å². The van der Waals surface area contributed by atoms with Gasteiger partial charge in [0.1, 0.15) is 18.0 Å². The summed E-state index contributed by atoms with van der Waals surface area (Å²) < 4.78 is 0. The molecule has 1 N–H and O–H groups in total. The molecule has 3 rings (SSSR count). The molecule has 0 saturated carbocycles. The van der Waals surface area contributed by atoms with Gasteiger partial charge in [-0.2, -0.15) is 0 Å². The normalized spacial score (nSPS) is 14.3. The summed E-state index contributed by atoms with van der Waals surface area (Å²) in [6, 6.07) is 4.27. The maximum Gasteiger partial charge on any atom is 0.134 e. The molecule has 0 fully saturated rings. The van der Waals surface area contributed by atoms with E-state index in [-0.39, 0.29) is 0 Å². The van der Waals surface area contributed by atoms with E-state index in [1.807, 2.05) is 17.4 Å². The Hall–Kier alpha value is -1.62. The number of anilines is 2. The summed E-state index contributed by atoms with van der Waals surface area (Å²) in [5.74, 6) is 1.94. The number of rotatable bonds is 4. The van der Waals surface area contributed by atoms with Crippen LogP contribution >= 0.6 is 11.3 Å². The number of nitrogens with one attached hydrogen (secondary N) is 1. The summed E-state index contributed by atoms with van der Waals surface area (Å²) in [4.78, 5) is 12.5. The topological polar surface area (TPSA) is 41.0 Å². The van der Waals surface area contributed by atoms with Crippen molar-refractivity contribution in [2.45, 2.75) is 26.3 Å². The molecule has 3 heterocycles. The van der Waals surface area contributed by atoms with Crippen LogP contribution in [-0.4, -0.2) is 23.1 Å². The minimum atomic E-state index is 0.919. The molecule has 0 aromatic carbocycles. The molecule has 4 nitrogen and oxygen atoms in total. The first kappa shape index (κ1) is 12.4. The van der Waals surface area contributed by atoms with E-state index in [0.29, 0.717) is 0 Å². The van der Waals surface area contributed by atoms with Crippen LogP contribution in [0.1, 0.15) is 23.8 Å². The van der Waals surface area contributed by atoms with Crippen molar-refractivity contribution in [3.05, 3.63) is 34.3 Å². The van der Waals surface area contributed by atoms with Crippen molar-refractivity contribution in [3.63, 3.8) is 0 Å². The summed E-state index contributed by atoms with van der Waals surface area (Å²) in [7, 11) is 0. The fourth-order valence-corrected chi connectivity index (χ4v) is 3.20. The lowest BCUT2D eigenvalue weighted by molar-refractivity contribution is 0.730. The Labute approximate surface area is 117 Å². The van der Waals surface area contributed by atoms with Gasteiger partial charge in [-0.25, -0.2) is 9.97 Å². The number of fused-ring (bicyclic) bond motifs is 1. The third-order valence-corrected chi connectivity index (χ3v) is 4.36. The fraction of sp³-hybridized carbons (Fsp3) is 0.429. The van der Waals surface area contributed by atoms with Crippen molar-refractivity contribution in [2.75, 3.05) is 23.3 Å². The Morgan fingerprint density at radius 1 is 1.42 bits per heavy atom. The summed E-state index contributed by atoms with van der Waals surface area (Å²) in [6.45, 7) is 5.10. The van der Waals surface area contributed by atoms with E-state index in [9.17, 15) is 0 Å². The molecule has 0 atom stereocenters. The van der Waals surface area contributed by atoms with Gasteiger partial charge in [0.05, 0.1) is 0 Å². The van der Waals surface area contributed by atoms with Gasteiger partial charge in [-0.3, -0.25) is 0 Å². The van der Waals surface area contributed by atoms with Crippen molar-refractivity contribution in [1.82, 2.24) is 9.97 Å². The highest BCUT2D eigenvalue weighted by Gasteiger charge is 2.18. The molecule has 1 aliphatic heterocycles. The van der Waals surface area contributed by atoms with Crippen LogP contribution in [0.4, 0.5) is 11.6 Å². The van der Waals surface area contributed by atoms with Gasteiger partial charge in [-0.1, -0.05) is 6.92 Å². The summed E-state index contributed by atoms with van der Waals surface area (Å²) in [5, 5.41) is 5.50. The second-order valence-electron chi connectivity index (χ2n) is 4.73. The third kappa shape index (κ3) is 2.71. The highest BCUT2D eigenvalue weighted by molar-refractivity contribution is 7.10. The molecule has 2 aromatic heterocycles. The molecule has 0 unspecified atom stereocenters. The molecule has 5 heteroatoms. The van der Waals surface area contributed by atoms with Crippen molar-refractivity contribution in [1.29, 1.82) is 0 Å². The number of aromatic nitrogens is 2. The van der Waals surface area contributed by atoms with Crippen LogP contribution in [0, 0.1) is 0 Å². The minimum Gasteiger partial charge on any atom is -0.370 e. The van der Waals surface area contributed by atoms with Crippen molar-refractivity contribution in [2.24, 2.45) is 0 Å². The molecule has 0 aliphatic carbocycles. The molecule has 2 aromatic rings. The standard InChI is InChI=1S/C14H18N4S/c1-2-5-15-13-8-14(17-10-16-13)18-6-3-12-11(9-18)4-7-19-12/h4,7-8,10H,2-3,5-6,9H2,1H3,(H,15,16,17). The van der Waals surface area contributed by atoms with E-state index in [1.54, 1.807) is 6.33 Å². The first-order chi connectivity index (χ1) is 9.36. The van der Waals surface area contributed by atoms with Crippen LogP contribution in [0.25, 0.3) is 0 Å². The zero-order valence-corrected chi connectivity index (χ0v) is 11.9. The second-order valence-corrected chi connectivity index (χ2v) is 5.73. The Balaban J connectivity index is 1.76. The van der Waals surface area contributed by atoms with Crippen LogP contribution in [0.3, 0.4) is 0 Å². The predicted molar refractivity (Wildman–Crippen MR) is 79.9 cm³/mol. The van der Waals surface area contributed by atoms with E-state index in [1.165, 1.54) is 10.4 Å². The largest absolute Gasteiger partial charge is 0.370 e. The monoisotopic (exact) mass is 274 g/mol. The van der Waals surface area contributed by atoms with Crippen LogP contribution in [0.15, 0.2) is 23.8 Å². The summed E-state index contributed by atoms with van der Waals surface area (Å²) in [6.07, 6.45) is 3.87. The zero-order chi connectivity index (χ0) is 13.1. The maximum absolute atomic E-state index is 4.41. The van der Waals surface area contributed by atoms with E-state index in [4.69, 9.17) is 0 Å². The molecular weight excluding hydrogens is 256 g/mol. The van der Waals surface area contributed by atoms with E-state index < -0.39 is 0 Å². The average Bonchev–Trinajstić information content (AvgIpc) is 2.92. The Bertz CT molecular complexity index is 552. The predicted octanol–water partition coefficient (Wildman–Crippen LogP) is 2.92. The van der Waals surface area contributed by atoms with Crippen molar-refractivity contribution < 1.29 is 0 Å². The second kappa shape index (κ2) is 5.57. The molecule has 0 radical (unpaired) electrons. The van der Waals surface area contributed by atoms with E-state index in [0.717, 1.165) is 44.1 Å². The molecule has 1 aliphatic rings. The summed E-state index contributed by atoms with van der Waals surface area (Å²) in [5.41, 5.74) is 1.44. The quantitative estimate of drug-likeness (QED) is 0.930. The number of nitrogens with zero attached hydrogens (tertiary/aromatic N) is 3. The van der Waals surface area contributed by atoms with Gasteiger partial charge in [0.2, 0.25) is 0 Å². The van der Waals surface area contributed by atoms with Crippen LogP contribution in [-0.2, 0) is 13.0 Å². The lowest BCUT2D eigenvalue weighted by Crippen LogP contribution is -2.30. The van der Waals surface area contributed by atoms with E-state index >= 15 is 0 Å². The van der Waals surface area contributed by atoms with Gasteiger partial charge in [0.15, 0.2) is 0 Å². The van der Waals surface area contributed by atoms with Crippen molar-refractivity contribution in [3.8, 4) is 0 Å². The van der Waals surface area contributed by atoms with Gasteiger partial charge in [-0.05, 0) is 29.9 Å². The molecule has 0 bridgehead atoms. The smallest absolute Gasteiger partial charge is 0.134 e. The first-order valence-corrected chi connectivity index (χ1v) is 7.61. The fourth-order valence-electron chi connectivity index (χ4n) is 2.31. The lowest BCUT2D eigenvalue weighted by Gasteiger charge is -2.28. The van der Waals surface area contributed by atoms with Gasteiger partial charge in [-0.15, -0.1) is 11.3 Å². The SMILES string of the molecule is CCCNc1cc(N2CCc3sccc3C2)ncn1. The minimum absolute atomic E-state index is 0.919. The molecule has 100 valence electrons. The van der Waals surface area contributed by atoms with Crippen LogP contribution in [0.5, 0.6) is 0 Å². The Kier molecular flexibility index (Phi) is 3.64. The van der Waals surface area contributed by atoms with Gasteiger partial charge in [0.25, 0.3) is 0 Å². The van der Waals surface area contributed by atoms with Gasteiger partial charge in [0, 0.05) is 30.6 Å². The highest BCUT2D eigenvalue weighted by atomic mass is 32.1. The highest BCUT2D eigenvalue weighted by Crippen LogP contribution is 2.27. The van der Waals surface area contributed by atoms with Crippen molar-refractivity contribution >= 4 is 23.0 Å². The molecule has 19 heavy (non-hydrogen) atoms. The molecular formula is C14H18N4S. The molecule has 0 saturated heterocycles. The summed E-state index contributed by atoms with van der Waals surface area (Å²) >= 11 is 1.87. The first-order valence-electron chi connectivity index (χ1n) is 6.73. The van der Waals surface area contributed by atoms with Gasteiger partial charge < -0.3 is 10.2 Å². The number of hydrogen-bond donors (Lipinski definition) is 1. The lowest BCUT2D eigenvalue weighted by atomic mass is 10.1. The third-order valence-electron chi connectivity index (χ3n) is 3.34. The maximum atomic E-state index is 4.41.